The zero-order valence-corrected chi connectivity index (χ0v) is 11.3. The second-order valence-corrected chi connectivity index (χ2v) is 6.92. The van der Waals surface area contributed by atoms with Gasteiger partial charge in [-0.25, -0.2) is 0 Å². The van der Waals surface area contributed by atoms with E-state index < -0.39 is 10.8 Å². The largest absolute Gasteiger partial charge is 0.309 e. The molecule has 0 amide bonds. The lowest BCUT2D eigenvalue weighted by Gasteiger charge is -2.22. The Bertz CT molecular complexity index is 352. The molecule has 1 aliphatic heterocycles. The minimum absolute atomic E-state index is 0.545. The van der Waals surface area contributed by atoms with Crippen molar-refractivity contribution in [2.24, 2.45) is 0 Å². The number of hydrogen-bond acceptors (Lipinski definition) is 3. The molecule has 0 aliphatic carbocycles. The van der Waals surface area contributed by atoms with Gasteiger partial charge in [-0.2, -0.15) is 0 Å². The molecule has 4 heteroatoms. The molecule has 0 spiro atoms. The van der Waals surface area contributed by atoms with Gasteiger partial charge < -0.3 is 5.32 Å². The van der Waals surface area contributed by atoms with Gasteiger partial charge in [0.15, 0.2) is 0 Å². The van der Waals surface area contributed by atoms with Gasteiger partial charge in [0.2, 0.25) is 0 Å². The van der Waals surface area contributed by atoms with Crippen LogP contribution in [0.2, 0.25) is 0 Å². The van der Waals surface area contributed by atoms with Crippen LogP contribution >= 0.6 is 11.3 Å². The maximum absolute atomic E-state index is 11.2. The van der Waals surface area contributed by atoms with Gasteiger partial charge in [-0.1, -0.05) is 6.92 Å². The van der Waals surface area contributed by atoms with Crippen LogP contribution in [0.5, 0.6) is 0 Å². The highest BCUT2D eigenvalue weighted by molar-refractivity contribution is 7.85. The zero-order valence-electron chi connectivity index (χ0n) is 9.70. The molecule has 0 aromatic carbocycles. The smallest absolute Gasteiger partial charge is 0.0305 e. The summed E-state index contributed by atoms with van der Waals surface area (Å²) in [5, 5.41) is 5.77. The van der Waals surface area contributed by atoms with Gasteiger partial charge in [-0.15, -0.1) is 11.3 Å². The normalized spacial score (nSPS) is 25.8. The average Bonchev–Trinajstić information content (AvgIpc) is 2.76. The van der Waals surface area contributed by atoms with Gasteiger partial charge in [0.1, 0.15) is 0 Å². The highest BCUT2D eigenvalue weighted by Crippen LogP contribution is 2.18. The van der Waals surface area contributed by atoms with Crippen molar-refractivity contribution in [3.8, 4) is 0 Å². The molecule has 0 radical (unpaired) electrons. The first kappa shape index (κ1) is 12.3. The van der Waals surface area contributed by atoms with Gasteiger partial charge in [-0.05, 0) is 36.3 Å². The quantitative estimate of drug-likeness (QED) is 0.897. The van der Waals surface area contributed by atoms with Crippen LogP contribution in [-0.4, -0.2) is 21.8 Å². The Morgan fingerprint density at radius 2 is 2.25 bits per heavy atom. The van der Waals surface area contributed by atoms with E-state index in [4.69, 9.17) is 0 Å². The summed E-state index contributed by atoms with van der Waals surface area (Å²) in [5.41, 5.74) is 1.47. The standard InChI is InChI=1S/C12H19NOS2/c1-2-10-3-6-15-12(10)9-13-11-4-7-16(14)8-5-11/h3,6,11,13H,2,4-5,7-9H2,1H3. The summed E-state index contributed by atoms with van der Waals surface area (Å²) in [6.07, 6.45) is 3.26. The molecule has 1 aromatic heterocycles. The van der Waals surface area contributed by atoms with Crippen LogP contribution in [0, 0.1) is 0 Å². The Hall–Kier alpha value is -0.190. The summed E-state index contributed by atoms with van der Waals surface area (Å²) in [4.78, 5) is 1.47. The topological polar surface area (TPSA) is 29.1 Å². The minimum Gasteiger partial charge on any atom is -0.309 e. The molecular formula is C12H19NOS2. The van der Waals surface area contributed by atoms with Crippen molar-refractivity contribution in [3.63, 3.8) is 0 Å². The molecule has 1 N–H and O–H groups in total. The van der Waals surface area contributed by atoms with Crippen LogP contribution < -0.4 is 5.32 Å². The molecular weight excluding hydrogens is 238 g/mol. The molecule has 0 unspecified atom stereocenters. The van der Waals surface area contributed by atoms with E-state index in [0.717, 1.165) is 37.3 Å². The first-order valence-corrected chi connectivity index (χ1v) is 8.30. The van der Waals surface area contributed by atoms with Gasteiger partial charge >= 0.3 is 0 Å². The van der Waals surface area contributed by atoms with Crippen molar-refractivity contribution in [1.29, 1.82) is 0 Å². The second-order valence-electron chi connectivity index (χ2n) is 4.23. The Kier molecular flexibility index (Phi) is 4.55. The molecule has 0 atom stereocenters. The van der Waals surface area contributed by atoms with Crippen molar-refractivity contribution in [3.05, 3.63) is 21.9 Å². The summed E-state index contributed by atoms with van der Waals surface area (Å²) < 4.78 is 11.2. The van der Waals surface area contributed by atoms with Crippen molar-refractivity contribution in [1.82, 2.24) is 5.32 Å². The Morgan fingerprint density at radius 3 is 2.94 bits per heavy atom. The van der Waals surface area contributed by atoms with E-state index in [1.165, 1.54) is 10.4 Å². The summed E-state index contributed by atoms with van der Waals surface area (Å²) in [6, 6.07) is 2.79. The molecule has 1 fully saturated rings. The van der Waals surface area contributed by atoms with Crippen LogP contribution in [0.25, 0.3) is 0 Å². The number of hydrogen-bond donors (Lipinski definition) is 1. The molecule has 90 valence electrons. The lowest BCUT2D eigenvalue weighted by molar-refractivity contribution is 0.476. The zero-order chi connectivity index (χ0) is 11.4. The van der Waals surface area contributed by atoms with E-state index in [-0.39, 0.29) is 0 Å². The maximum Gasteiger partial charge on any atom is 0.0305 e. The number of thiophene rings is 1. The Labute approximate surface area is 104 Å². The predicted molar refractivity (Wildman–Crippen MR) is 71.4 cm³/mol. The fourth-order valence-corrected chi connectivity index (χ4v) is 4.30. The van der Waals surface area contributed by atoms with E-state index in [0.29, 0.717) is 6.04 Å². The van der Waals surface area contributed by atoms with Crippen LogP contribution in [0.4, 0.5) is 0 Å². The molecule has 0 saturated carbocycles. The molecule has 1 aromatic rings. The van der Waals surface area contributed by atoms with Gasteiger partial charge in [-0.3, -0.25) is 4.21 Å². The van der Waals surface area contributed by atoms with E-state index in [1.807, 2.05) is 11.3 Å². The van der Waals surface area contributed by atoms with Crippen LogP contribution in [0.1, 0.15) is 30.2 Å². The number of rotatable bonds is 4. The van der Waals surface area contributed by atoms with E-state index in [2.05, 4.69) is 23.7 Å². The predicted octanol–water partition coefficient (Wildman–Crippen LogP) is 2.31. The summed E-state index contributed by atoms with van der Waals surface area (Å²) in [5.74, 6) is 1.76. The van der Waals surface area contributed by atoms with Crippen molar-refractivity contribution in [2.45, 2.75) is 38.8 Å². The number of nitrogens with one attached hydrogen (secondary N) is 1. The van der Waals surface area contributed by atoms with Crippen LogP contribution in [0.15, 0.2) is 11.4 Å². The molecule has 1 saturated heterocycles. The SMILES string of the molecule is CCc1ccsc1CNC1CCS(=O)CC1. The molecule has 0 bridgehead atoms. The van der Waals surface area contributed by atoms with Crippen molar-refractivity contribution >= 4 is 22.1 Å². The third kappa shape index (κ3) is 3.15. The van der Waals surface area contributed by atoms with Crippen molar-refractivity contribution < 1.29 is 4.21 Å². The lowest BCUT2D eigenvalue weighted by Crippen LogP contribution is -2.35. The highest BCUT2D eigenvalue weighted by Gasteiger charge is 2.17. The molecule has 2 nitrogen and oxygen atoms in total. The third-order valence-corrected chi connectivity index (χ3v) is 5.50. The Morgan fingerprint density at radius 1 is 1.50 bits per heavy atom. The van der Waals surface area contributed by atoms with Crippen LogP contribution in [-0.2, 0) is 23.8 Å². The van der Waals surface area contributed by atoms with Gasteiger partial charge in [0, 0.05) is 39.8 Å². The highest BCUT2D eigenvalue weighted by atomic mass is 32.2. The second kappa shape index (κ2) is 5.94. The monoisotopic (exact) mass is 257 g/mol. The maximum atomic E-state index is 11.2. The fraction of sp³-hybridized carbons (Fsp3) is 0.667. The van der Waals surface area contributed by atoms with E-state index in [9.17, 15) is 4.21 Å². The van der Waals surface area contributed by atoms with Gasteiger partial charge in [0.05, 0.1) is 0 Å². The molecule has 1 aliphatic rings. The average molecular weight is 257 g/mol. The van der Waals surface area contributed by atoms with Crippen molar-refractivity contribution in [2.75, 3.05) is 11.5 Å². The van der Waals surface area contributed by atoms with Gasteiger partial charge in [0.25, 0.3) is 0 Å². The summed E-state index contributed by atoms with van der Waals surface area (Å²) in [6.45, 7) is 3.19. The van der Waals surface area contributed by atoms with Crippen LogP contribution in [0.3, 0.4) is 0 Å². The van der Waals surface area contributed by atoms with E-state index >= 15 is 0 Å². The first-order valence-electron chi connectivity index (χ1n) is 5.93. The first-order chi connectivity index (χ1) is 7.79. The fourth-order valence-electron chi connectivity index (χ4n) is 2.07. The summed E-state index contributed by atoms with van der Waals surface area (Å²) in [7, 11) is -0.545. The molecule has 2 heterocycles. The van der Waals surface area contributed by atoms with E-state index in [1.54, 1.807) is 0 Å². The number of aryl methyl sites for hydroxylation is 1. The minimum atomic E-state index is -0.545. The summed E-state index contributed by atoms with van der Waals surface area (Å²) >= 11 is 1.84. The lowest BCUT2D eigenvalue weighted by atomic mass is 10.1. The third-order valence-electron chi connectivity index (χ3n) is 3.16. The Balaban J connectivity index is 1.81. The molecule has 16 heavy (non-hydrogen) atoms. The molecule has 2 rings (SSSR count).